The van der Waals surface area contributed by atoms with Crippen LogP contribution < -0.4 is 4.74 Å². The molecule has 35 heavy (non-hydrogen) atoms. The van der Waals surface area contributed by atoms with Gasteiger partial charge in [0.25, 0.3) is 5.72 Å². The van der Waals surface area contributed by atoms with E-state index in [9.17, 15) is 5.11 Å². The molecule has 1 atom stereocenters. The minimum absolute atomic E-state index is 0.223. The summed E-state index contributed by atoms with van der Waals surface area (Å²) >= 11 is 0. The second-order valence-electron chi connectivity index (χ2n) is 9.55. The van der Waals surface area contributed by atoms with Crippen molar-refractivity contribution in [3.63, 3.8) is 0 Å². The molecule has 1 aromatic heterocycles. The number of aromatic nitrogens is 2. The third-order valence-corrected chi connectivity index (χ3v) is 6.95. The molecule has 3 aromatic rings. The Labute approximate surface area is 204 Å². The van der Waals surface area contributed by atoms with E-state index in [-0.39, 0.29) is 12.2 Å². The van der Waals surface area contributed by atoms with Crippen molar-refractivity contribution in [2.45, 2.75) is 38.0 Å². The number of methoxy groups -OCH3 is 1. The van der Waals surface area contributed by atoms with Gasteiger partial charge in [0.2, 0.25) is 5.84 Å². The van der Waals surface area contributed by atoms with Gasteiger partial charge in [-0.05, 0) is 56.5 Å². The zero-order valence-electron chi connectivity index (χ0n) is 20.1. The van der Waals surface area contributed by atoms with Crippen molar-refractivity contribution >= 4 is 11.9 Å². The summed E-state index contributed by atoms with van der Waals surface area (Å²) < 4.78 is 14.1. The van der Waals surface area contributed by atoms with Gasteiger partial charge in [0.15, 0.2) is 5.76 Å². The first-order chi connectivity index (χ1) is 16.9. The first-order valence-electron chi connectivity index (χ1n) is 11.8. The quantitative estimate of drug-likeness (QED) is 0.607. The van der Waals surface area contributed by atoms with E-state index in [4.69, 9.17) is 14.3 Å². The Balaban J connectivity index is 1.38. The molecule has 1 N–H and O–H groups in total. The number of hydrogen-bond acceptors (Lipinski definition) is 7. The lowest BCUT2D eigenvalue weighted by Gasteiger charge is -2.42. The molecule has 3 heterocycles. The summed E-state index contributed by atoms with van der Waals surface area (Å²) in [6, 6.07) is 14.0. The number of benzene rings is 2. The van der Waals surface area contributed by atoms with E-state index in [1.54, 1.807) is 13.4 Å². The van der Waals surface area contributed by atoms with E-state index >= 15 is 0 Å². The second-order valence-corrected chi connectivity index (χ2v) is 9.55. The van der Waals surface area contributed by atoms with Gasteiger partial charge in [0.1, 0.15) is 18.0 Å². The molecule has 2 fully saturated rings. The fraction of sp³-hybridized carbons (Fsp3) is 0.333. The topological polar surface area (TPSA) is 81.3 Å². The minimum atomic E-state index is -1.07. The summed E-state index contributed by atoms with van der Waals surface area (Å²) in [5.74, 6) is 1.94. The number of aliphatic hydroxyl groups excluding tert-OH is 1. The highest BCUT2D eigenvalue weighted by molar-refractivity contribution is 6.02. The Morgan fingerprint density at radius 1 is 1.17 bits per heavy atom. The molecule has 1 saturated carbocycles. The number of aliphatic hydroxyl groups is 1. The fourth-order valence-electron chi connectivity index (χ4n) is 4.87. The number of nitrogens with zero attached hydrogens (tertiary/aromatic N) is 4. The number of oxime groups is 1. The molecule has 1 saturated heterocycles. The van der Waals surface area contributed by atoms with Gasteiger partial charge in [0.05, 0.1) is 31.4 Å². The molecule has 0 amide bonds. The van der Waals surface area contributed by atoms with E-state index in [1.807, 2.05) is 73.2 Å². The SMILES string of the molecule is COc1cc(/C=C2\OC3(CC3)CN3C2=NOC3(CO)c2cccc(C)c2)ccc1-n1cnc(C)c1. The lowest BCUT2D eigenvalue weighted by molar-refractivity contribution is -0.149. The third-order valence-electron chi connectivity index (χ3n) is 6.95. The molecular weight excluding hydrogens is 444 g/mol. The second kappa shape index (κ2) is 7.88. The van der Waals surface area contributed by atoms with Crippen molar-refractivity contribution in [2.24, 2.45) is 5.16 Å². The zero-order chi connectivity index (χ0) is 24.2. The van der Waals surface area contributed by atoms with E-state index in [0.29, 0.717) is 18.1 Å². The van der Waals surface area contributed by atoms with Crippen LogP contribution in [0.4, 0.5) is 0 Å². The van der Waals surface area contributed by atoms with E-state index in [1.165, 1.54) is 0 Å². The van der Waals surface area contributed by atoms with Crippen LogP contribution in [0.5, 0.6) is 5.75 Å². The number of hydrogen-bond donors (Lipinski definition) is 1. The number of aryl methyl sites for hydroxylation is 2. The van der Waals surface area contributed by atoms with Crippen LogP contribution in [0.15, 0.2) is 65.9 Å². The molecule has 8 nitrogen and oxygen atoms in total. The highest BCUT2D eigenvalue weighted by atomic mass is 16.7. The van der Waals surface area contributed by atoms with Crippen LogP contribution in [0.25, 0.3) is 11.8 Å². The third kappa shape index (κ3) is 3.56. The van der Waals surface area contributed by atoms with E-state index in [2.05, 4.69) is 15.0 Å². The maximum absolute atomic E-state index is 10.6. The van der Waals surface area contributed by atoms with Crippen molar-refractivity contribution in [1.29, 1.82) is 0 Å². The predicted octanol–water partition coefficient (Wildman–Crippen LogP) is 3.89. The van der Waals surface area contributed by atoms with Crippen LogP contribution in [0.1, 0.15) is 35.2 Å². The molecule has 0 radical (unpaired) electrons. The summed E-state index contributed by atoms with van der Waals surface area (Å²) in [5.41, 5.74) is 3.36. The smallest absolute Gasteiger partial charge is 0.260 e. The molecule has 2 aliphatic heterocycles. The average molecular weight is 473 g/mol. The number of fused-ring (bicyclic) bond motifs is 1. The maximum Gasteiger partial charge on any atom is 0.260 e. The molecule has 0 bridgehead atoms. The monoisotopic (exact) mass is 472 g/mol. The summed E-state index contributed by atoms with van der Waals surface area (Å²) in [6.07, 6.45) is 7.59. The van der Waals surface area contributed by atoms with Crippen LogP contribution in [-0.2, 0) is 15.3 Å². The molecule has 1 aliphatic carbocycles. The Kier molecular flexibility index (Phi) is 4.89. The first kappa shape index (κ1) is 21.7. The van der Waals surface area contributed by atoms with Gasteiger partial charge < -0.3 is 28.9 Å². The van der Waals surface area contributed by atoms with Gasteiger partial charge in [-0.15, -0.1) is 0 Å². The molecule has 8 heteroatoms. The lowest BCUT2D eigenvalue weighted by atomic mass is 9.97. The van der Waals surface area contributed by atoms with Gasteiger partial charge in [-0.25, -0.2) is 4.98 Å². The number of imidazole rings is 1. The summed E-state index contributed by atoms with van der Waals surface area (Å²) in [6.45, 7) is 4.37. The average Bonchev–Trinajstić information content (AvgIpc) is 3.28. The molecule has 3 aliphatic rings. The predicted molar refractivity (Wildman–Crippen MR) is 131 cm³/mol. The van der Waals surface area contributed by atoms with Gasteiger partial charge in [0, 0.05) is 11.8 Å². The molecule has 180 valence electrons. The molecule has 2 aromatic carbocycles. The highest BCUT2D eigenvalue weighted by Crippen LogP contribution is 2.50. The molecule has 1 unspecified atom stereocenters. The summed E-state index contributed by atoms with van der Waals surface area (Å²) in [5, 5.41) is 15.0. The van der Waals surface area contributed by atoms with Gasteiger partial charge >= 0.3 is 0 Å². The van der Waals surface area contributed by atoms with Crippen LogP contribution in [0.3, 0.4) is 0 Å². The van der Waals surface area contributed by atoms with E-state index < -0.39 is 5.72 Å². The normalized spacial score (nSPS) is 23.0. The lowest BCUT2D eigenvalue weighted by Crippen LogP contribution is -2.56. The first-order valence-corrected chi connectivity index (χ1v) is 11.8. The van der Waals surface area contributed by atoms with Crippen LogP contribution in [0, 0.1) is 13.8 Å². The Morgan fingerprint density at radius 3 is 2.71 bits per heavy atom. The Hall–Kier alpha value is -3.78. The molecule has 6 rings (SSSR count). The maximum atomic E-state index is 10.6. The standard InChI is InChI=1S/C27H28N4O4/c1-18-5-4-6-21(11-18)27(16-32)31-15-26(9-10-26)34-24(25(31)29-35-27)13-20-7-8-22(23(12-20)33-3)30-14-19(2)28-17-30/h4-8,11-14,17,32H,9-10,15-16H2,1-3H3/b24-13-. The van der Waals surface area contributed by atoms with Crippen molar-refractivity contribution in [3.8, 4) is 11.4 Å². The van der Waals surface area contributed by atoms with Gasteiger partial charge in [-0.1, -0.05) is 35.0 Å². The number of amidine groups is 1. The Bertz CT molecular complexity index is 1360. The largest absolute Gasteiger partial charge is 0.495 e. The molecular formula is C27H28N4O4. The van der Waals surface area contributed by atoms with Crippen molar-refractivity contribution in [1.82, 2.24) is 14.5 Å². The van der Waals surface area contributed by atoms with Crippen molar-refractivity contribution in [2.75, 3.05) is 20.3 Å². The minimum Gasteiger partial charge on any atom is -0.495 e. The fourth-order valence-corrected chi connectivity index (χ4v) is 4.87. The van der Waals surface area contributed by atoms with Crippen molar-refractivity contribution in [3.05, 3.63) is 83.1 Å². The van der Waals surface area contributed by atoms with Gasteiger partial charge in [-0.2, -0.15) is 0 Å². The van der Waals surface area contributed by atoms with Crippen LogP contribution >= 0.6 is 0 Å². The summed E-state index contributed by atoms with van der Waals surface area (Å²) in [7, 11) is 1.66. The highest BCUT2D eigenvalue weighted by Gasteiger charge is 2.59. The van der Waals surface area contributed by atoms with Gasteiger partial charge in [-0.3, -0.25) is 0 Å². The van der Waals surface area contributed by atoms with Crippen LogP contribution in [0.2, 0.25) is 0 Å². The number of morpholine rings is 1. The summed E-state index contributed by atoms with van der Waals surface area (Å²) in [4.78, 5) is 12.4. The number of ether oxygens (including phenoxy) is 2. The molecule has 1 spiro atoms. The van der Waals surface area contributed by atoms with Crippen LogP contribution in [-0.4, -0.2) is 51.3 Å². The van der Waals surface area contributed by atoms with Crippen molar-refractivity contribution < 1.29 is 19.4 Å². The number of rotatable bonds is 5. The Morgan fingerprint density at radius 2 is 2.03 bits per heavy atom. The van der Waals surface area contributed by atoms with E-state index in [0.717, 1.165) is 46.7 Å². The zero-order valence-corrected chi connectivity index (χ0v) is 20.1.